The van der Waals surface area contributed by atoms with Crippen LogP contribution in [-0.4, -0.2) is 12.6 Å². The molecule has 0 saturated heterocycles. The van der Waals surface area contributed by atoms with Crippen LogP contribution in [0.25, 0.3) is 0 Å². The zero-order valence-corrected chi connectivity index (χ0v) is 11.6. The Bertz CT molecular complexity index is 352. The van der Waals surface area contributed by atoms with E-state index in [1.807, 2.05) is 32.0 Å². The quantitative estimate of drug-likeness (QED) is 0.835. The Labute approximate surface area is 109 Å². The number of nitrogens with two attached hydrogens (primary N) is 1. The first kappa shape index (κ1) is 14.3. The molecule has 0 aliphatic rings. The van der Waals surface area contributed by atoms with Crippen LogP contribution in [0.15, 0.2) is 18.2 Å². The molecule has 0 amide bonds. The number of ether oxygens (including phenoxy) is 1. The van der Waals surface area contributed by atoms with Crippen LogP contribution in [0.1, 0.15) is 45.1 Å². The van der Waals surface area contributed by atoms with Crippen LogP contribution in [0.3, 0.4) is 0 Å². The lowest BCUT2D eigenvalue weighted by Crippen LogP contribution is -2.15. The molecular formula is C14H22ClNO. The average molecular weight is 256 g/mol. The Balaban J connectivity index is 2.81. The van der Waals surface area contributed by atoms with Gasteiger partial charge in [0.15, 0.2) is 0 Å². The maximum absolute atomic E-state index is 6.04. The summed E-state index contributed by atoms with van der Waals surface area (Å²) in [5.41, 5.74) is 6.97. The van der Waals surface area contributed by atoms with E-state index in [9.17, 15) is 0 Å². The molecule has 0 aliphatic carbocycles. The molecule has 1 rings (SSSR count). The van der Waals surface area contributed by atoms with Crippen LogP contribution < -0.4 is 10.5 Å². The monoisotopic (exact) mass is 255 g/mol. The standard InChI is InChI=1S/C14H22ClNO/c1-4-17-14-8-7-12(15)9-13(14)10(2)5-6-11(3)16/h7-11H,4-6,16H2,1-3H3. The fourth-order valence-corrected chi connectivity index (χ4v) is 2.04. The lowest BCUT2D eigenvalue weighted by molar-refractivity contribution is 0.333. The van der Waals surface area contributed by atoms with E-state index < -0.39 is 0 Å². The van der Waals surface area contributed by atoms with Crippen LogP contribution in [0, 0.1) is 0 Å². The van der Waals surface area contributed by atoms with Gasteiger partial charge in [0, 0.05) is 11.1 Å². The van der Waals surface area contributed by atoms with E-state index in [0.29, 0.717) is 12.5 Å². The Morgan fingerprint density at radius 3 is 2.59 bits per heavy atom. The molecule has 2 unspecified atom stereocenters. The first-order valence-electron chi connectivity index (χ1n) is 6.22. The number of rotatable bonds is 6. The largest absolute Gasteiger partial charge is 0.494 e. The molecule has 0 bridgehead atoms. The summed E-state index contributed by atoms with van der Waals surface area (Å²) in [5.74, 6) is 1.36. The van der Waals surface area contributed by atoms with E-state index in [1.54, 1.807) is 0 Å². The summed E-state index contributed by atoms with van der Waals surface area (Å²) < 4.78 is 5.63. The Hall–Kier alpha value is -0.730. The molecule has 0 aliphatic heterocycles. The molecule has 0 spiro atoms. The molecule has 2 atom stereocenters. The second kappa shape index (κ2) is 6.87. The Morgan fingerprint density at radius 2 is 2.00 bits per heavy atom. The minimum atomic E-state index is 0.243. The van der Waals surface area contributed by atoms with Crippen molar-refractivity contribution in [2.24, 2.45) is 5.73 Å². The first-order valence-corrected chi connectivity index (χ1v) is 6.60. The normalized spacial score (nSPS) is 14.4. The van der Waals surface area contributed by atoms with E-state index in [2.05, 4.69) is 6.92 Å². The van der Waals surface area contributed by atoms with Gasteiger partial charge in [0.25, 0.3) is 0 Å². The summed E-state index contributed by atoms with van der Waals surface area (Å²) in [6.07, 6.45) is 2.07. The third kappa shape index (κ3) is 4.57. The smallest absolute Gasteiger partial charge is 0.122 e. The van der Waals surface area contributed by atoms with Gasteiger partial charge in [-0.05, 0) is 56.4 Å². The second-order valence-electron chi connectivity index (χ2n) is 4.57. The van der Waals surface area contributed by atoms with Crippen molar-refractivity contribution in [3.63, 3.8) is 0 Å². The molecule has 0 aromatic heterocycles. The molecule has 0 fully saturated rings. The minimum absolute atomic E-state index is 0.243. The number of halogens is 1. The van der Waals surface area contributed by atoms with Crippen LogP contribution in [0.4, 0.5) is 0 Å². The van der Waals surface area contributed by atoms with E-state index in [-0.39, 0.29) is 6.04 Å². The molecule has 2 nitrogen and oxygen atoms in total. The van der Waals surface area contributed by atoms with Crippen molar-refractivity contribution in [3.8, 4) is 5.75 Å². The lowest BCUT2D eigenvalue weighted by Gasteiger charge is -2.17. The highest BCUT2D eigenvalue weighted by molar-refractivity contribution is 6.30. The number of hydrogen-bond acceptors (Lipinski definition) is 2. The Kier molecular flexibility index (Phi) is 5.79. The number of hydrogen-bond donors (Lipinski definition) is 1. The highest BCUT2D eigenvalue weighted by Crippen LogP contribution is 2.32. The number of benzene rings is 1. The summed E-state index contributed by atoms with van der Waals surface area (Å²) in [5, 5.41) is 0.760. The van der Waals surface area contributed by atoms with E-state index >= 15 is 0 Å². The molecule has 0 saturated carbocycles. The summed E-state index contributed by atoms with van der Waals surface area (Å²) in [6, 6.07) is 6.06. The third-order valence-electron chi connectivity index (χ3n) is 2.86. The fourth-order valence-electron chi connectivity index (χ4n) is 1.86. The van der Waals surface area contributed by atoms with Gasteiger partial charge >= 0.3 is 0 Å². The summed E-state index contributed by atoms with van der Waals surface area (Å²) in [4.78, 5) is 0. The predicted molar refractivity (Wildman–Crippen MR) is 73.9 cm³/mol. The van der Waals surface area contributed by atoms with Gasteiger partial charge in [-0.3, -0.25) is 0 Å². The van der Waals surface area contributed by atoms with Crippen molar-refractivity contribution in [3.05, 3.63) is 28.8 Å². The van der Waals surface area contributed by atoms with Gasteiger partial charge in [-0.2, -0.15) is 0 Å². The summed E-state index contributed by atoms with van der Waals surface area (Å²) in [7, 11) is 0. The van der Waals surface area contributed by atoms with E-state index in [4.69, 9.17) is 22.1 Å². The zero-order chi connectivity index (χ0) is 12.8. The molecule has 0 heterocycles. The third-order valence-corrected chi connectivity index (χ3v) is 3.09. The van der Waals surface area contributed by atoms with Crippen LogP contribution in [0.5, 0.6) is 5.75 Å². The van der Waals surface area contributed by atoms with E-state index in [0.717, 1.165) is 23.6 Å². The van der Waals surface area contributed by atoms with E-state index in [1.165, 1.54) is 5.56 Å². The molecule has 1 aromatic rings. The van der Waals surface area contributed by atoms with Crippen LogP contribution in [0.2, 0.25) is 5.02 Å². The Morgan fingerprint density at radius 1 is 1.29 bits per heavy atom. The van der Waals surface area contributed by atoms with Gasteiger partial charge in [-0.1, -0.05) is 18.5 Å². The van der Waals surface area contributed by atoms with Crippen molar-refractivity contribution in [1.82, 2.24) is 0 Å². The van der Waals surface area contributed by atoms with Gasteiger partial charge in [-0.15, -0.1) is 0 Å². The lowest BCUT2D eigenvalue weighted by atomic mass is 9.94. The molecule has 17 heavy (non-hydrogen) atoms. The zero-order valence-electron chi connectivity index (χ0n) is 10.9. The topological polar surface area (TPSA) is 35.2 Å². The molecule has 96 valence electrons. The second-order valence-corrected chi connectivity index (χ2v) is 5.01. The van der Waals surface area contributed by atoms with Crippen molar-refractivity contribution in [2.75, 3.05) is 6.61 Å². The highest BCUT2D eigenvalue weighted by Gasteiger charge is 2.13. The van der Waals surface area contributed by atoms with Gasteiger partial charge < -0.3 is 10.5 Å². The predicted octanol–water partition coefficient (Wildman–Crippen LogP) is 3.97. The molecule has 0 radical (unpaired) electrons. The van der Waals surface area contributed by atoms with Gasteiger partial charge in [0.2, 0.25) is 0 Å². The molecule has 2 N–H and O–H groups in total. The van der Waals surface area contributed by atoms with Gasteiger partial charge in [-0.25, -0.2) is 0 Å². The molecular weight excluding hydrogens is 234 g/mol. The maximum Gasteiger partial charge on any atom is 0.122 e. The van der Waals surface area contributed by atoms with Gasteiger partial charge in [0.05, 0.1) is 6.61 Å². The van der Waals surface area contributed by atoms with Crippen LogP contribution >= 0.6 is 11.6 Å². The first-order chi connectivity index (χ1) is 8.04. The summed E-state index contributed by atoms with van der Waals surface area (Å²) in [6.45, 7) is 6.89. The van der Waals surface area contributed by atoms with Crippen molar-refractivity contribution in [2.45, 2.75) is 45.6 Å². The maximum atomic E-state index is 6.04. The highest BCUT2D eigenvalue weighted by atomic mass is 35.5. The SMILES string of the molecule is CCOc1ccc(Cl)cc1C(C)CCC(C)N. The average Bonchev–Trinajstić information content (AvgIpc) is 2.28. The fraction of sp³-hybridized carbons (Fsp3) is 0.571. The molecule has 3 heteroatoms. The molecule has 1 aromatic carbocycles. The van der Waals surface area contributed by atoms with Crippen molar-refractivity contribution < 1.29 is 4.74 Å². The summed E-state index contributed by atoms with van der Waals surface area (Å²) >= 11 is 6.04. The van der Waals surface area contributed by atoms with Crippen LogP contribution in [-0.2, 0) is 0 Å². The van der Waals surface area contributed by atoms with Crippen molar-refractivity contribution in [1.29, 1.82) is 0 Å². The van der Waals surface area contributed by atoms with Gasteiger partial charge in [0.1, 0.15) is 5.75 Å². The minimum Gasteiger partial charge on any atom is -0.494 e. The van der Waals surface area contributed by atoms with Crippen molar-refractivity contribution >= 4 is 11.6 Å².